The predicted octanol–water partition coefficient (Wildman–Crippen LogP) is 3.58. The van der Waals surface area contributed by atoms with Crippen molar-refractivity contribution in [2.45, 2.75) is 36.2 Å². The average Bonchev–Trinajstić information content (AvgIpc) is 3.35. The zero-order chi connectivity index (χ0) is 25.9. The number of nitrogens with zero attached hydrogens (tertiary/aromatic N) is 4. The number of rotatable bonds is 6. The molecule has 4 atom stereocenters. The van der Waals surface area contributed by atoms with Crippen LogP contribution >= 0.6 is 11.8 Å². The van der Waals surface area contributed by atoms with Crippen LogP contribution in [0.4, 0.5) is 24.7 Å². The van der Waals surface area contributed by atoms with Crippen molar-refractivity contribution in [2.75, 3.05) is 11.9 Å². The highest BCUT2D eigenvalue weighted by molar-refractivity contribution is 8.15. The van der Waals surface area contributed by atoms with Crippen LogP contribution < -0.4 is 15.8 Å². The molecule has 1 fully saturated rings. The number of halogens is 3. The van der Waals surface area contributed by atoms with Gasteiger partial charge in [0.1, 0.15) is 16.1 Å². The van der Waals surface area contributed by atoms with E-state index in [-0.39, 0.29) is 23.2 Å². The fraction of sp³-hybridized carbons (Fsp3) is 0.333. The van der Waals surface area contributed by atoms with Gasteiger partial charge in [-0.3, -0.25) is 4.99 Å². The van der Waals surface area contributed by atoms with Gasteiger partial charge in [-0.15, -0.1) is 6.42 Å². The summed E-state index contributed by atoms with van der Waals surface area (Å²) in [5.74, 6) is -2.60. The predicted molar refractivity (Wildman–Crippen MR) is 131 cm³/mol. The fourth-order valence-corrected chi connectivity index (χ4v) is 6.38. The van der Waals surface area contributed by atoms with Crippen molar-refractivity contribution in [3.63, 3.8) is 0 Å². The SMILES string of the molecule is C#CCOc1cnc2c(Nc3ccc(F)c([C@@]4(C)N=C(N)SC5([C@H](C)O)[C@H]4C5(F)F)c3)nccc2n1. The second-order valence-corrected chi connectivity index (χ2v) is 10.1. The van der Waals surface area contributed by atoms with Gasteiger partial charge in [-0.25, -0.2) is 28.1 Å². The first-order chi connectivity index (χ1) is 17.0. The summed E-state index contributed by atoms with van der Waals surface area (Å²) in [5.41, 5.74) is 5.35. The summed E-state index contributed by atoms with van der Waals surface area (Å²) in [7, 11) is 0. The van der Waals surface area contributed by atoms with Crippen molar-refractivity contribution in [1.82, 2.24) is 15.0 Å². The minimum absolute atomic E-state index is 0.0371. The summed E-state index contributed by atoms with van der Waals surface area (Å²) in [4.78, 5) is 17.2. The molecule has 1 aliphatic heterocycles. The lowest BCUT2D eigenvalue weighted by molar-refractivity contribution is 0.0559. The number of benzene rings is 1. The van der Waals surface area contributed by atoms with Crippen LogP contribution in [-0.2, 0) is 5.54 Å². The van der Waals surface area contributed by atoms with E-state index in [4.69, 9.17) is 16.9 Å². The third-order valence-electron chi connectivity index (χ3n) is 6.54. The van der Waals surface area contributed by atoms with Gasteiger partial charge in [0.2, 0.25) is 5.88 Å². The van der Waals surface area contributed by atoms with E-state index >= 15 is 13.2 Å². The first-order valence-corrected chi connectivity index (χ1v) is 11.7. The molecule has 1 aromatic carbocycles. The van der Waals surface area contributed by atoms with Crippen LogP contribution in [0, 0.1) is 24.1 Å². The highest BCUT2D eigenvalue weighted by Crippen LogP contribution is 2.75. The number of hydrogen-bond donors (Lipinski definition) is 3. The maximum Gasteiger partial charge on any atom is 0.273 e. The third kappa shape index (κ3) is 3.45. The molecule has 186 valence electrons. The van der Waals surface area contributed by atoms with Crippen molar-refractivity contribution in [3.8, 4) is 18.2 Å². The molecule has 0 amide bonds. The van der Waals surface area contributed by atoms with E-state index in [1.165, 1.54) is 38.4 Å². The van der Waals surface area contributed by atoms with E-state index in [0.717, 1.165) is 6.07 Å². The van der Waals surface area contributed by atoms with Gasteiger partial charge in [-0.1, -0.05) is 17.7 Å². The Balaban J connectivity index is 1.53. The maximum absolute atomic E-state index is 15.1. The second kappa shape index (κ2) is 8.25. The Labute approximate surface area is 208 Å². The molecule has 0 radical (unpaired) electrons. The molecule has 4 N–H and O–H groups in total. The van der Waals surface area contributed by atoms with E-state index < -0.39 is 34.0 Å². The number of nitrogens with two attached hydrogens (primary N) is 1. The number of aromatic nitrogens is 3. The quantitative estimate of drug-likeness (QED) is 0.427. The van der Waals surface area contributed by atoms with Gasteiger partial charge in [0.25, 0.3) is 5.92 Å². The maximum atomic E-state index is 15.1. The number of terminal acetylenes is 1. The van der Waals surface area contributed by atoms with Crippen LogP contribution in [0.1, 0.15) is 19.4 Å². The van der Waals surface area contributed by atoms with E-state index in [2.05, 4.69) is 31.2 Å². The van der Waals surface area contributed by atoms with Gasteiger partial charge >= 0.3 is 0 Å². The van der Waals surface area contributed by atoms with E-state index in [0.29, 0.717) is 34.3 Å². The van der Waals surface area contributed by atoms with Crippen LogP contribution in [0.5, 0.6) is 5.88 Å². The molecule has 2 aliphatic rings. The van der Waals surface area contributed by atoms with Gasteiger partial charge in [-0.05, 0) is 38.1 Å². The first kappa shape index (κ1) is 24.1. The molecule has 3 aromatic rings. The number of alkyl halides is 2. The lowest BCUT2D eigenvalue weighted by atomic mass is 9.84. The summed E-state index contributed by atoms with van der Waals surface area (Å²) in [6, 6.07) is 5.62. The van der Waals surface area contributed by atoms with Crippen molar-refractivity contribution in [1.29, 1.82) is 0 Å². The number of amidine groups is 1. The topological polar surface area (TPSA) is 119 Å². The molecule has 1 aliphatic carbocycles. The number of thioether (sulfide) groups is 1. The molecule has 36 heavy (non-hydrogen) atoms. The zero-order valence-corrected chi connectivity index (χ0v) is 20.0. The van der Waals surface area contributed by atoms with Gasteiger partial charge in [0.05, 0.1) is 29.3 Å². The number of anilines is 2. The van der Waals surface area contributed by atoms with E-state index in [1.807, 2.05) is 0 Å². The number of nitrogens with one attached hydrogen (secondary N) is 1. The third-order valence-corrected chi connectivity index (χ3v) is 8.03. The number of aliphatic hydroxyl groups is 1. The monoisotopic (exact) mass is 514 g/mol. The molecule has 3 heterocycles. The largest absolute Gasteiger partial charge is 0.463 e. The Kier molecular flexibility index (Phi) is 5.53. The van der Waals surface area contributed by atoms with Gasteiger partial charge in [0, 0.05) is 17.4 Å². The minimum atomic E-state index is -3.31. The molecule has 1 unspecified atom stereocenters. The van der Waals surface area contributed by atoms with Crippen LogP contribution in [0.3, 0.4) is 0 Å². The molecule has 12 heteroatoms. The number of fused-ring (bicyclic) bond motifs is 2. The summed E-state index contributed by atoms with van der Waals surface area (Å²) in [5, 5.41) is 13.2. The van der Waals surface area contributed by atoms with Crippen molar-refractivity contribution in [3.05, 3.63) is 48.0 Å². The van der Waals surface area contributed by atoms with E-state index in [1.54, 1.807) is 6.07 Å². The van der Waals surface area contributed by atoms with Crippen molar-refractivity contribution in [2.24, 2.45) is 16.6 Å². The van der Waals surface area contributed by atoms with Gasteiger partial charge in [-0.2, -0.15) is 0 Å². The highest BCUT2D eigenvalue weighted by Gasteiger charge is 2.89. The smallest absolute Gasteiger partial charge is 0.273 e. The van der Waals surface area contributed by atoms with Crippen LogP contribution in [0.25, 0.3) is 11.0 Å². The van der Waals surface area contributed by atoms with Crippen molar-refractivity contribution >= 4 is 39.5 Å². The Morgan fingerprint density at radius 3 is 2.83 bits per heavy atom. The Morgan fingerprint density at radius 1 is 1.33 bits per heavy atom. The molecule has 5 rings (SSSR count). The van der Waals surface area contributed by atoms with Crippen molar-refractivity contribution < 1.29 is 23.0 Å². The highest BCUT2D eigenvalue weighted by atomic mass is 32.2. The van der Waals surface area contributed by atoms with Crippen LogP contribution in [0.15, 0.2) is 41.7 Å². The average molecular weight is 515 g/mol. The Hall–Kier alpha value is -3.56. The normalized spacial score (nSPS) is 26.9. The molecule has 0 saturated heterocycles. The van der Waals surface area contributed by atoms with Gasteiger partial charge < -0.3 is 20.9 Å². The molecule has 0 bridgehead atoms. The number of aliphatic imine (C=N–C) groups is 1. The Bertz CT molecular complexity index is 1450. The Morgan fingerprint density at radius 2 is 2.11 bits per heavy atom. The van der Waals surface area contributed by atoms with E-state index in [9.17, 15) is 5.11 Å². The fourth-order valence-electron chi connectivity index (χ4n) is 4.94. The molecule has 0 spiro atoms. The zero-order valence-electron chi connectivity index (χ0n) is 19.2. The summed E-state index contributed by atoms with van der Waals surface area (Å²) in [6.45, 7) is 2.73. The number of aliphatic hydroxyl groups excluding tert-OH is 1. The number of pyridine rings is 1. The molecule has 8 nitrogen and oxygen atoms in total. The molecular formula is C24H21F3N6O2S. The summed E-state index contributed by atoms with van der Waals surface area (Å²) < 4.78 is 48.8. The summed E-state index contributed by atoms with van der Waals surface area (Å²) >= 11 is 0.638. The number of ether oxygens (including phenoxy) is 1. The second-order valence-electron chi connectivity index (χ2n) is 8.77. The standard InChI is InChI=1S/C24H21F3N6O2S/c1-4-9-35-17-11-30-18-16(32-17)7-8-29-19(18)31-13-5-6-15(25)14(10-13)22(3)20-23(12(2)34,24(20,26)27)36-21(28)33-22/h1,5-8,10-12,20,34H,9H2,2-3H3,(H2,28,33)(H,29,31)/t12-,20-,22+,23?/m0/s1. The van der Waals surface area contributed by atoms with Gasteiger partial charge in [0.15, 0.2) is 17.6 Å². The lowest BCUT2D eigenvalue weighted by Gasteiger charge is -2.33. The molecule has 1 saturated carbocycles. The minimum Gasteiger partial charge on any atom is -0.463 e. The number of hydrogen-bond acceptors (Lipinski definition) is 9. The van der Waals surface area contributed by atoms with Crippen LogP contribution in [-0.4, -0.2) is 48.6 Å². The van der Waals surface area contributed by atoms with Crippen LogP contribution in [0.2, 0.25) is 0 Å². The summed E-state index contributed by atoms with van der Waals surface area (Å²) in [6.07, 6.45) is 6.70. The first-order valence-electron chi connectivity index (χ1n) is 10.9. The lowest BCUT2D eigenvalue weighted by Crippen LogP contribution is -2.40. The molecule has 2 aromatic heterocycles. The molecular weight excluding hydrogens is 493 g/mol.